The van der Waals surface area contributed by atoms with Gasteiger partial charge in [0.15, 0.2) is 0 Å². The minimum atomic E-state index is -0.886. The number of carboxylic acid groups (broad SMARTS) is 2. The molecule has 232 valence electrons. The van der Waals surface area contributed by atoms with E-state index in [9.17, 15) is 24.9 Å². The van der Waals surface area contributed by atoms with E-state index in [0.717, 1.165) is 83.1 Å². The lowest BCUT2D eigenvalue weighted by atomic mass is 10.0. The van der Waals surface area contributed by atoms with Crippen molar-refractivity contribution in [3.8, 4) is 5.75 Å². The quantitative estimate of drug-likeness (QED) is 0.137. The highest BCUT2D eigenvalue weighted by atomic mass is 16.5. The summed E-state index contributed by atoms with van der Waals surface area (Å²) in [5.41, 5.74) is 9.37. The van der Waals surface area contributed by atoms with Gasteiger partial charge in [0.05, 0.1) is 18.1 Å². The van der Waals surface area contributed by atoms with Gasteiger partial charge in [-0.05, 0) is 107 Å². The summed E-state index contributed by atoms with van der Waals surface area (Å²) in [7, 11) is 0. The molecule has 5 heterocycles. The van der Waals surface area contributed by atoms with E-state index in [0.29, 0.717) is 25.2 Å². The number of rotatable bonds is 9. The fourth-order valence-corrected chi connectivity index (χ4v) is 6.22. The molecule has 0 fully saturated rings. The lowest BCUT2D eigenvalue weighted by molar-refractivity contribution is -0.138. The second-order valence-electron chi connectivity index (χ2n) is 11.5. The van der Waals surface area contributed by atoms with Crippen LogP contribution in [0.3, 0.4) is 0 Å². The average molecular weight is 601 g/mol. The van der Waals surface area contributed by atoms with Crippen LogP contribution >= 0.6 is 0 Å². The molecule has 1 unspecified atom stereocenters. The molecule has 1 aliphatic rings. The summed E-state index contributed by atoms with van der Waals surface area (Å²) in [5, 5.41) is 32.9. The van der Waals surface area contributed by atoms with Crippen molar-refractivity contribution in [3.05, 3.63) is 83.1 Å². The molecule has 0 aliphatic carbocycles. The molecule has 5 rings (SSSR count). The molecule has 4 aromatic heterocycles. The number of carboxylic acids is 2. The Labute approximate surface area is 254 Å². The molecule has 0 radical (unpaired) electrons. The molecule has 1 atom stereocenters. The molecule has 1 aliphatic heterocycles. The lowest BCUT2D eigenvalue weighted by Gasteiger charge is -2.05. The van der Waals surface area contributed by atoms with Crippen molar-refractivity contribution < 1.29 is 29.6 Å². The Hall–Kier alpha value is -4.70. The number of aromatic nitrogens is 4. The number of hydrogen-bond donors (Lipinski definition) is 7. The molecule has 0 aromatic carbocycles. The highest BCUT2D eigenvalue weighted by molar-refractivity contribution is 5.70. The molecule has 7 N–H and O–H groups in total. The molecule has 0 saturated carbocycles. The molecule has 0 spiro atoms. The van der Waals surface area contributed by atoms with Crippen LogP contribution in [0.15, 0.2) is 0 Å². The first-order valence-electron chi connectivity index (χ1n) is 14.9. The van der Waals surface area contributed by atoms with Crippen LogP contribution in [0, 0.1) is 27.7 Å². The lowest BCUT2D eigenvalue weighted by Crippen LogP contribution is -2.14. The highest BCUT2D eigenvalue weighted by Crippen LogP contribution is 2.27. The monoisotopic (exact) mass is 600 g/mol. The Morgan fingerprint density at radius 2 is 1.20 bits per heavy atom. The number of aliphatic hydroxyl groups excluding tert-OH is 1. The van der Waals surface area contributed by atoms with Crippen LogP contribution in [0.25, 0.3) is 24.3 Å². The van der Waals surface area contributed by atoms with Gasteiger partial charge in [0.2, 0.25) is 0 Å². The summed E-state index contributed by atoms with van der Waals surface area (Å²) in [6.45, 7) is 12.0. The molecule has 8 bridgehead atoms. The highest BCUT2D eigenvalue weighted by Gasteiger charge is 2.19. The van der Waals surface area contributed by atoms with Crippen molar-refractivity contribution in [2.24, 2.45) is 0 Å². The third-order valence-corrected chi connectivity index (χ3v) is 8.57. The van der Waals surface area contributed by atoms with Crippen molar-refractivity contribution in [2.45, 2.75) is 73.3 Å². The molecule has 10 heteroatoms. The number of aliphatic hydroxyl groups is 1. The van der Waals surface area contributed by atoms with E-state index < -0.39 is 18.0 Å². The van der Waals surface area contributed by atoms with E-state index >= 15 is 0 Å². The van der Waals surface area contributed by atoms with Crippen LogP contribution in [0.5, 0.6) is 5.75 Å². The summed E-state index contributed by atoms with van der Waals surface area (Å²) in [6.07, 6.45) is 7.76. The molecular weight excluding hydrogens is 560 g/mol. The number of H-pyrrole nitrogens is 4. The molecular formula is C34H40N4O6. The van der Waals surface area contributed by atoms with E-state index in [2.05, 4.69) is 19.9 Å². The number of fused-ring (bicyclic) bond motifs is 8. The zero-order chi connectivity index (χ0) is 31.9. The van der Waals surface area contributed by atoms with Crippen LogP contribution in [0.1, 0.15) is 94.5 Å². The minimum Gasteiger partial charge on any atom is -0.491 e. The SMILES string of the molecule is CCOc1c(C)c2[nH]c1=Cc1[nH]c(c(CCC(=O)O)c1C)C=c1[nH]c(c(C)c1CCC(=O)O)=Cc1[nH]c(c(C(C)O)c1C)C=2. The van der Waals surface area contributed by atoms with E-state index in [-0.39, 0.29) is 12.8 Å². The Morgan fingerprint density at radius 3 is 1.84 bits per heavy atom. The van der Waals surface area contributed by atoms with Gasteiger partial charge in [0.25, 0.3) is 0 Å². The Morgan fingerprint density at radius 1 is 0.682 bits per heavy atom. The van der Waals surface area contributed by atoms with Crippen molar-refractivity contribution in [3.63, 3.8) is 0 Å². The maximum atomic E-state index is 11.6. The van der Waals surface area contributed by atoms with E-state index in [4.69, 9.17) is 4.74 Å². The van der Waals surface area contributed by atoms with E-state index in [1.807, 2.05) is 58.9 Å². The number of carbonyl (C=O) groups is 2. The van der Waals surface area contributed by atoms with Crippen molar-refractivity contribution in [1.82, 2.24) is 19.9 Å². The van der Waals surface area contributed by atoms with Crippen molar-refractivity contribution in [2.75, 3.05) is 6.61 Å². The summed E-state index contributed by atoms with van der Waals surface area (Å²) in [5.74, 6) is -1.06. The maximum absolute atomic E-state index is 11.6. The molecule has 10 nitrogen and oxygen atoms in total. The van der Waals surface area contributed by atoms with Crippen molar-refractivity contribution in [1.29, 1.82) is 0 Å². The standard InChI is InChI=1S/C34H40N4O6/c1-7-44-34-19(5)26-13-29-33(20(6)39)18(4)25(37-29)12-23-16(2)21(8-10-31(40)41)27(35-23)15-28-22(9-11-32(42)43)17(3)24(36-28)14-30(34)38-26/h12-15,20,35-39H,7-11H2,1-6H3,(H,40,41)(H,42,43). The second kappa shape index (κ2) is 12.1. The van der Waals surface area contributed by atoms with Gasteiger partial charge in [-0.15, -0.1) is 0 Å². The smallest absolute Gasteiger partial charge is 0.303 e. The number of hydrogen-bond acceptors (Lipinski definition) is 4. The fourth-order valence-electron chi connectivity index (χ4n) is 6.22. The first-order chi connectivity index (χ1) is 20.9. The number of aromatic amines is 4. The third kappa shape index (κ3) is 5.77. The first kappa shape index (κ1) is 30.7. The fraction of sp³-hybridized carbons (Fsp3) is 0.353. The summed E-state index contributed by atoms with van der Waals surface area (Å²) < 4.78 is 6.09. The molecule has 0 saturated heterocycles. The third-order valence-electron chi connectivity index (χ3n) is 8.57. The summed E-state index contributed by atoms with van der Waals surface area (Å²) >= 11 is 0. The predicted molar refractivity (Wildman–Crippen MR) is 169 cm³/mol. The van der Waals surface area contributed by atoms with Gasteiger partial charge in [0, 0.05) is 62.8 Å². The predicted octanol–water partition coefficient (Wildman–Crippen LogP) is 2.35. The molecule has 4 aromatic rings. The molecule has 44 heavy (non-hydrogen) atoms. The van der Waals surface area contributed by atoms with Crippen LogP contribution in [0.4, 0.5) is 0 Å². The Balaban J connectivity index is 1.92. The second-order valence-corrected chi connectivity index (χ2v) is 11.5. The largest absolute Gasteiger partial charge is 0.491 e. The number of nitrogens with one attached hydrogen (secondary N) is 4. The first-order valence-corrected chi connectivity index (χ1v) is 14.9. The van der Waals surface area contributed by atoms with Gasteiger partial charge in [-0.1, -0.05) is 0 Å². The van der Waals surface area contributed by atoms with Crippen LogP contribution < -0.4 is 26.1 Å². The minimum absolute atomic E-state index is 0.0294. The summed E-state index contributed by atoms with van der Waals surface area (Å²) in [4.78, 5) is 37.2. The zero-order valence-electron chi connectivity index (χ0n) is 26.0. The van der Waals surface area contributed by atoms with Gasteiger partial charge in [-0.3, -0.25) is 9.59 Å². The number of ether oxygens (including phenoxy) is 1. The topological polar surface area (TPSA) is 167 Å². The van der Waals surface area contributed by atoms with Crippen molar-refractivity contribution >= 4 is 36.2 Å². The Kier molecular flexibility index (Phi) is 8.47. The van der Waals surface area contributed by atoms with Gasteiger partial charge >= 0.3 is 11.9 Å². The van der Waals surface area contributed by atoms with Gasteiger partial charge in [0.1, 0.15) is 5.75 Å². The van der Waals surface area contributed by atoms with Crippen LogP contribution in [0.2, 0.25) is 0 Å². The zero-order valence-corrected chi connectivity index (χ0v) is 26.0. The number of aliphatic carboxylic acids is 2. The van der Waals surface area contributed by atoms with Crippen LogP contribution in [-0.2, 0) is 22.4 Å². The summed E-state index contributed by atoms with van der Waals surface area (Å²) in [6, 6.07) is 0. The van der Waals surface area contributed by atoms with Gasteiger partial charge in [-0.25, -0.2) is 0 Å². The molecule has 0 amide bonds. The Bertz CT molecular complexity index is 2020. The van der Waals surface area contributed by atoms with Crippen LogP contribution in [-0.4, -0.2) is 53.8 Å². The van der Waals surface area contributed by atoms with Gasteiger partial charge < -0.3 is 40.0 Å². The van der Waals surface area contributed by atoms with Gasteiger partial charge in [-0.2, -0.15) is 0 Å². The average Bonchev–Trinajstić information content (AvgIpc) is 3.61. The van der Waals surface area contributed by atoms with E-state index in [1.54, 1.807) is 6.92 Å². The maximum Gasteiger partial charge on any atom is 0.303 e. The van der Waals surface area contributed by atoms with E-state index in [1.165, 1.54) is 0 Å². The normalized spacial score (nSPS) is 13.0.